The smallest absolute Gasteiger partial charge is 0.266 e. The molecule has 4 rings (SSSR count). The number of aromatic amines is 1. The normalized spacial score (nSPS) is 12.5. The molecular weight excluding hydrogens is 395 g/mol. The third kappa shape index (κ3) is 3.90. The molecule has 0 saturated carbocycles. The second kappa shape index (κ2) is 7.84. The Labute approximate surface area is 167 Å². The lowest BCUT2D eigenvalue weighted by atomic mass is 10.2. The lowest BCUT2D eigenvalue weighted by molar-refractivity contribution is 0.106. The molecule has 0 bridgehead atoms. The van der Waals surface area contributed by atoms with Crippen LogP contribution in [0, 0.1) is 5.82 Å². The second-order valence-corrected chi connectivity index (χ2v) is 8.05. The van der Waals surface area contributed by atoms with E-state index in [2.05, 4.69) is 9.97 Å². The third-order valence-corrected chi connectivity index (χ3v) is 5.98. The summed E-state index contributed by atoms with van der Waals surface area (Å²) in [7, 11) is 0. The van der Waals surface area contributed by atoms with E-state index in [0.717, 1.165) is 9.75 Å². The number of thiazole rings is 1. The summed E-state index contributed by atoms with van der Waals surface area (Å²) in [4.78, 5) is 32.7. The van der Waals surface area contributed by atoms with Crippen LogP contribution in [0.4, 0.5) is 4.39 Å². The van der Waals surface area contributed by atoms with E-state index in [1.54, 1.807) is 48.8 Å². The molecule has 1 aromatic carbocycles. The van der Waals surface area contributed by atoms with Gasteiger partial charge in [0, 0.05) is 39.4 Å². The highest BCUT2D eigenvalue weighted by atomic mass is 32.1. The summed E-state index contributed by atoms with van der Waals surface area (Å²) in [6.45, 7) is 0. The van der Waals surface area contributed by atoms with Crippen molar-refractivity contribution in [2.75, 3.05) is 0 Å². The fraction of sp³-hybridized carbons (Fsp3) is 0. The van der Waals surface area contributed by atoms with Gasteiger partial charge in [-0.2, -0.15) is 0 Å². The first-order chi connectivity index (χ1) is 13.6. The zero-order valence-corrected chi connectivity index (χ0v) is 16.0. The van der Waals surface area contributed by atoms with Gasteiger partial charge >= 0.3 is 0 Å². The standard InChI is InChI=1S/C21H13FN2O2S2/c22-16-4-2-1-3-15(16)18-6-5-14(27-18)11-19-21(26)24-20(28-19)12-17(25)13-7-9-23-10-8-13/h1-12H,(H,24,26). The van der Waals surface area contributed by atoms with Crippen LogP contribution in [0.25, 0.3) is 22.6 Å². The highest BCUT2D eigenvalue weighted by Crippen LogP contribution is 2.30. The fourth-order valence-electron chi connectivity index (χ4n) is 2.61. The number of carbonyl (C=O) groups is 1. The number of nitrogens with one attached hydrogen (secondary N) is 1. The van der Waals surface area contributed by atoms with Crippen LogP contribution in [-0.4, -0.2) is 15.8 Å². The molecule has 0 amide bonds. The van der Waals surface area contributed by atoms with E-state index in [9.17, 15) is 14.0 Å². The number of aromatic nitrogens is 2. The van der Waals surface area contributed by atoms with E-state index in [4.69, 9.17) is 0 Å². The number of benzene rings is 1. The van der Waals surface area contributed by atoms with Crippen LogP contribution in [0.1, 0.15) is 15.2 Å². The Morgan fingerprint density at radius 1 is 1.04 bits per heavy atom. The number of H-pyrrole nitrogens is 1. The maximum absolute atomic E-state index is 13.9. The van der Waals surface area contributed by atoms with Crippen LogP contribution in [0.2, 0.25) is 0 Å². The Kier molecular flexibility index (Phi) is 5.10. The van der Waals surface area contributed by atoms with Crippen LogP contribution >= 0.6 is 22.7 Å². The number of hydrogen-bond donors (Lipinski definition) is 1. The number of halogens is 1. The van der Waals surface area contributed by atoms with Crippen molar-refractivity contribution in [2.24, 2.45) is 0 Å². The van der Waals surface area contributed by atoms with E-state index >= 15 is 0 Å². The molecule has 138 valence electrons. The van der Waals surface area contributed by atoms with Crippen molar-refractivity contribution in [3.05, 3.63) is 96.7 Å². The molecule has 0 atom stereocenters. The summed E-state index contributed by atoms with van der Waals surface area (Å²) in [5.74, 6) is -0.485. The minimum atomic E-state index is -0.281. The molecule has 0 fully saturated rings. The van der Waals surface area contributed by atoms with Gasteiger partial charge in [-0.15, -0.1) is 22.7 Å². The molecule has 0 spiro atoms. The number of nitrogens with zero attached hydrogens (tertiary/aromatic N) is 1. The molecule has 7 heteroatoms. The summed E-state index contributed by atoms with van der Waals surface area (Å²) in [6.07, 6.45) is 6.23. The largest absolute Gasteiger partial charge is 0.313 e. The van der Waals surface area contributed by atoms with Crippen LogP contribution in [-0.2, 0) is 0 Å². The third-order valence-electron chi connectivity index (χ3n) is 3.95. The summed E-state index contributed by atoms with van der Waals surface area (Å²) in [5, 5.41) is 0. The van der Waals surface area contributed by atoms with Crippen LogP contribution in [0.3, 0.4) is 0 Å². The highest BCUT2D eigenvalue weighted by Gasteiger charge is 2.07. The average Bonchev–Trinajstić information content (AvgIpc) is 3.30. The minimum Gasteiger partial charge on any atom is -0.313 e. The summed E-state index contributed by atoms with van der Waals surface area (Å²) in [6, 6.07) is 13.5. The Morgan fingerprint density at radius 2 is 1.82 bits per heavy atom. The monoisotopic (exact) mass is 408 g/mol. The van der Waals surface area contributed by atoms with Gasteiger partial charge in [0.15, 0.2) is 5.78 Å². The SMILES string of the molecule is O=C(C=c1[nH]c(=O)c(=Cc2ccc(-c3ccccc3F)s2)s1)c1ccncc1. The predicted octanol–water partition coefficient (Wildman–Crippen LogP) is 3.19. The molecule has 4 nitrogen and oxygen atoms in total. The Balaban J connectivity index is 1.67. The van der Waals surface area contributed by atoms with Gasteiger partial charge < -0.3 is 4.98 Å². The topological polar surface area (TPSA) is 62.8 Å². The first-order valence-electron chi connectivity index (χ1n) is 8.32. The number of Topliss-reactive ketones (excluding diaryl/α,β-unsaturated/α-hetero) is 1. The molecule has 3 heterocycles. The molecule has 0 radical (unpaired) electrons. The van der Waals surface area contributed by atoms with Gasteiger partial charge in [-0.05, 0) is 36.4 Å². The van der Waals surface area contributed by atoms with Crippen molar-refractivity contribution in [2.45, 2.75) is 0 Å². The molecule has 0 aliphatic rings. The first-order valence-corrected chi connectivity index (χ1v) is 9.95. The first kappa shape index (κ1) is 18.2. The molecule has 0 saturated heterocycles. The molecule has 3 aromatic heterocycles. The van der Waals surface area contributed by atoms with Crippen molar-refractivity contribution in [3.63, 3.8) is 0 Å². The van der Waals surface area contributed by atoms with Crippen LogP contribution in [0.15, 0.2) is 65.7 Å². The molecule has 28 heavy (non-hydrogen) atoms. The lowest BCUT2D eigenvalue weighted by Gasteiger charge is -1.97. The number of pyridine rings is 1. The van der Waals surface area contributed by atoms with Gasteiger partial charge in [0.05, 0.1) is 9.20 Å². The maximum atomic E-state index is 13.9. The van der Waals surface area contributed by atoms with Crippen molar-refractivity contribution in [1.29, 1.82) is 0 Å². The summed E-state index contributed by atoms with van der Waals surface area (Å²) >= 11 is 2.60. The number of rotatable bonds is 4. The maximum Gasteiger partial charge on any atom is 0.266 e. The van der Waals surface area contributed by atoms with Gasteiger partial charge in [0.1, 0.15) is 5.82 Å². The Hall–Kier alpha value is -3.16. The van der Waals surface area contributed by atoms with Crippen LogP contribution in [0.5, 0.6) is 0 Å². The zero-order chi connectivity index (χ0) is 19.5. The quantitative estimate of drug-likeness (QED) is 0.528. The molecule has 4 aromatic rings. The molecular formula is C21H13FN2O2S2. The lowest BCUT2D eigenvalue weighted by Crippen LogP contribution is -2.19. The minimum absolute atomic E-state index is 0.204. The number of ketones is 1. The molecule has 0 unspecified atom stereocenters. The van der Waals surface area contributed by atoms with Gasteiger partial charge in [-0.3, -0.25) is 14.6 Å². The highest BCUT2D eigenvalue weighted by molar-refractivity contribution is 7.16. The zero-order valence-electron chi connectivity index (χ0n) is 14.4. The van der Waals surface area contributed by atoms with E-state index in [0.29, 0.717) is 20.3 Å². The van der Waals surface area contributed by atoms with E-state index in [1.165, 1.54) is 34.8 Å². The Morgan fingerprint density at radius 3 is 2.61 bits per heavy atom. The van der Waals surface area contributed by atoms with E-state index < -0.39 is 0 Å². The van der Waals surface area contributed by atoms with Gasteiger partial charge in [0.2, 0.25) is 0 Å². The molecule has 1 N–H and O–H groups in total. The fourth-order valence-corrected chi connectivity index (χ4v) is 4.54. The van der Waals surface area contributed by atoms with Gasteiger partial charge in [-0.25, -0.2) is 4.39 Å². The number of hydrogen-bond acceptors (Lipinski definition) is 5. The number of carbonyl (C=O) groups excluding carboxylic acids is 1. The van der Waals surface area contributed by atoms with Gasteiger partial charge in [-0.1, -0.05) is 18.2 Å². The Bertz CT molecular complexity index is 1320. The summed E-state index contributed by atoms with van der Waals surface area (Å²) in [5.41, 5.74) is 0.770. The predicted molar refractivity (Wildman–Crippen MR) is 111 cm³/mol. The van der Waals surface area contributed by atoms with E-state index in [1.807, 2.05) is 12.1 Å². The molecule has 0 aliphatic heterocycles. The van der Waals surface area contributed by atoms with Crippen molar-refractivity contribution in [3.8, 4) is 10.4 Å². The van der Waals surface area contributed by atoms with Crippen LogP contribution < -0.4 is 14.8 Å². The van der Waals surface area contributed by atoms with E-state index in [-0.39, 0.29) is 17.2 Å². The van der Waals surface area contributed by atoms with Crippen molar-refractivity contribution < 1.29 is 9.18 Å². The van der Waals surface area contributed by atoms with Gasteiger partial charge in [0.25, 0.3) is 5.56 Å². The van der Waals surface area contributed by atoms with Crippen molar-refractivity contribution >= 4 is 40.6 Å². The number of thiophene rings is 1. The average molecular weight is 408 g/mol. The second-order valence-electron chi connectivity index (χ2n) is 5.86. The van der Waals surface area contributed by atoms with Crippen molar-refractivity contribution in [1.82, 2.24) is 9.97 Å². The molecule has 0 aliphatic carbocycles. The summed E-state index contributed by atoms with van der Waals surface area (Å²) < 4.78 is 14.9.